The van der Waals surface area contributed by atoms with Gasteiger partial charge in [0.15, 0.2) is 0 Å². The lowest BCUT2D eigenvalue weighted by molar-refractivity contribution is -0.00105. The standard InChI is InChI=1S/C21H28FNO/c1-16(23-20-8-6-5-7-9-20)14-18-15-19(22)11-10-17(18)12-13-24-21(2,3)4/h5-11,15-16,23H,12-14H2,1-4H3. The molecular weight excluding hydrogens is 301 g/mol. The van der Waals surface area contributed by atoms with E-state index in [1.54, 1.807) is 6.07 Å². The summed E-state index contributed by atoms with van der Waals surface area (Å²) in [6.07, 6.45) is 1.57. The number of rotatable bonds is 7. The highest BCUT2D eigenvalue weighted by molar-refractivity contribution is 5.43. The number of hydrogen-bond acceptors (Lipinski definition) is 2. The second kappa shape index (κ2) is 8.29. The molecule has 1 unspecified atom stereocenters. The smallest absolute Gasteiger partial charge is 0.123 e. The number of halogens is 1. The van der Waals surface area contributed by atoms with Crippen molar-refractivity contribution in [2.75, 3.05) is 11.9 Å². The summed E-state index contributed by atoms with van der Waals surface area (Å²) in [6, 6.07) is 15.4. The number of para-hydroxylation sites is 1. The molecule has 1 N–H and O–H groups in total. The summed E-state index contributed by atoms with van der Waals surface area (Å²) in [6.45, 7) is 8.90. The molecule has 0 aliphatic carbocycles. The van der Waals surface area contributed by atoms with Crippen LogP contribution in [-0.4, -0.2) is 18.2 Å². The highest BCUT2D eigenvalue weighted by Gasteiger charge is 2.12. The van der Waals surface area contributed by atoms with Crippen LogP contribution in [0.15, 0.2) is 48.5 Å². The maximum Gasteiger partial charge on any atom is 0.123 e. The Morgan fingerprint density at radius 1 is 1.04 bits per heavy atom. The molecule has 2 rings (SSSR count). The van der Waals surface area contributed by atoms with Crippen molar-refractivity contribution >= 4 is 5.69 Å². The highest BCUT2D eigenvalue weighted by atomic mass is 19.1. The maximum atomic E-state index is 13.7. The lowest BCUT2D eigenvalue weighted by Gasteiger charge is -2.21. The summed E-state index contributed by atoms with van der Waals surface area (Å²) in [4.78, 5) is 0. The van der Waals surface area contributed by atoms with Crippen molar-refractivity contribution in [2.45, 2.75) is 52.2 Å². The van der Waals surface area contributed by atoms with Crippen molar-refractivity contribution in [3.63, 3.8) is 0 Å². The Morgan fingerprint density at radius 3 is 2.42 bits per heavy atom. The van der Waals surface area contributed by atoms with E-state index in [0.29, 0.717) is 6.61 Å². The molecule has 2 aromatic rings. The molecule has 0 radical (unpaired) electrons. The van der Waals surface area contributed by atoms with Gasteiger partial charge in [-0.25, -0.2) is 4.39 Å². The largest absolute Gasteiger partial charge is 0.382 e. The van der Waals surface area contributed by atoms with E-state index < -0.39 is 0 Å². The van der Waals surface area contributed by atoms with Gasteiger partial charge in [0.2, 0.25) is 0 Å². The number of anilines is 1. The van der Waals surface area contributed by atoms with Crippen molar-refractivity contribution < 1.29 is 9.13 Å². The summed E-state index contributed by atoms with van der Waals surface area (Å²) < 4.78 is 19.5. The maximum absolute atomic E-state index is 13.7. The average Bonchev–Trinajstić information content (AvgIpc) is 2.49. The van der Waals surface area contributed by atoms with Crippen molar-refractivity contribution in [3.05, 3.63) is 65.5 Å². The van der Waals surface area contributed by atoms with Gasteiger partial charge in [-0.3, -0.25) is 0 Å². The van der Waals surface area contributed by atoms with E-state index in [1.165, 1.54) is 6.07 Å². The van der Waals surface area contributed by atoms with Crippen molar-refractivity contribution in [2.24, 2.45) is 0 Å². The van der Waals surface area contributed by atoms with E-state index in [-0.39, 0.29) is 17.5 Å². The number of benzene rings is 2. The molecule has 0 heterocycles. The fourth-order valence-corrected chi connectivity index (χ4v) is 2.70. The first-order valence-electron chi connectivity index (χ1n) is 8.56. The molecule has 2 nitrogen and oxygen atoms in total. The molecule has 3 heteroatoms. The zero-order valence-corrected chi connectivity index (χ0v) is 15.1. The van der Waals surface area contributed by atoms with E-state index in [2.05, 4.69) is 12.2 Å². The van der Waals surface area contributed by atoms with Crippen LogP contribution in [0.3, 0.4) is 0 Å². The Hall–Kier alpha value is -1.87. The first kappa shape index (κ1) is 18.5. The highest BCUT2D eigenvalue weighted by Crippen LogP contribution is 2.18. The van der Waals surface area contributed by atoms with Crippen LogP contribution in [0.1, 0.15) is 38.8 Å². The Kier molecular flexibility index (Phi) is 6.38. The molecule has 1 atom stereocenters. The Bertz CT molecular complexity index is 634. The topological polar surface area (TPSA) is 21.3 Å². The predicted octanol–water partition coefficient (Wildman–Crippen LogP) is 5.23. The molecule has 0 fully saturated rings. The lowest BCUT2D eigenvalue weighted by Crippen LogP contribution is -2.22. The molecule has 0 aliphatic rings. The normalized spacial score (nSPS) is 12.9. The van der Waals surface area contributed by atoms with Gasteiger partial charge < -0.3 is 10.1 Å². The molecule has 0 aliphatic heterocycles. The zero-order valence-electron chi connectivity index (χ0n) is 15.1. The molecule has 0 aromatic heterocycles. The third-order valence-electron chi connectivity index (χ3n) is 3.79. The number of ether oxygens (including phenoxy) is 1. The Labute approximate surface area is 145 Å². The molecule has 2 aromatic carbocycles. The molecule has 0 bridgehead atoms. The summed E-state index contributed by atoms with van der Waals surface area (Å²) in [5.74, 6) is -0.183. The average molecular weight is 329 g/mol. The summed E-state index contributed by atoms with van der Waals surface area (Å²) in [5.41, 5.74) is 3.13. The second-order valence-electron chi connectivity index (χ2n) is 7.24. The predicted molar refractivity (Wildman–Crippen MR) is 99.0 cm³/mol. The summed E-state index contributed by atoms with van der Waals surface area (Å²) in [7, 11) is 0. The Balaban J connectivity index is 2.01. The summed E-state index contributed by atoms with van der Waals surface area (Å²) >= 11 is 0. The van der Waals surface area contributed by atoms with Gasteiger partial charge in [-0.05, 0) is 75.9 Å². The van der Waals surface area contributed by atoms with Crippen molar-refractivity contribution in [1.29, 1.82) is 0 Å². The van der Waals surface area contributed by atoms with E-state index in [4.69, 9.17) is 4.74 Å². The minimum atomic E-state index is -0.183. The second-order valence-corrected chi connectivity index (χ2v) is 7.24. The fraction of sp³-hybridized carbons (Fsp3) is 0.429. The van der Waals surface area contributed by atoms with E-state index in [9.17, 15) is 4.39 Å². The molecule has 24 heavy (non-hydrogen) atoms. The molecule has 0 amide bonds. The van der Waals surface area contributed by atoms with E-state index in [1.807, 2.05) is 57.2 Å². The van der Waals surface area contributed by atoms with Gasteiger partial charge in [-0.2, -0.15) is 0 Å². The van der Waals surface area contributed by atoms with E-state index >= 15 is 0 Å². The molecule has 0 saturated heterocycles. The SMILES string of the molecule is CC(Cc1cc(F)ccc1CCOC(C)(C)C)Nc1ccccc1. The molecule has 0 saturated carbocycles. The van der Waals surface area contributed by atoms with Gasteiger partial charge in [-0.15, -0.1) is 0 Å². The summed E-state index contributed by atoms with van der Waals surface area (Å²) in [5, 5.41) is 3.46. The van der Waals surface area contributed by atoms with Gasteiger partial charge in [0.05, 0.1) is 12.2 Å². The quantitative estimate of drug-likeness (QED) is 0.751. The van der Waals surface area contributed by atoms with Gasteiger partial charge >= 0.3 is 0 Å². The van der Waals surface area contributed by atoms with Crippen LogP contribution in [-0.2, 0) is 17.6 Å². The van der Waals surface area contributed by atoms with Crippen LogP contribution in [0, 0.1) is 5.82 Å². The number of hydrogen-bond donors (Lipinski definition) is 1. The molecule has 130 valence electrons. The molecular formula is C21H28FNO. The van der Waals surface area contributed by atoms with E-state index in [0.717, 1.165) is 29.7 Å². The van der Waals surface area contributed by atoms with Crippen LogP contribution in [0.2, 0.25) is 0 Å². The van der Waals surface area contributed by atoms with Gasteiger partial charge in [0.25, 0.3) is 0 Å². The minimum Gasteiger partial charge on any atom is -0.382 e. The monoisotopic (exact) mass is 329 g/mol. The zero-order chi connectivity index (χ0) is 17.6. The van der Waals surface area contributed by atoms with Crippen LogP contribution >= 0.6 is 0 Å². The number of nitrogens with one attached hydrogen (secondary N) is 1. The third kappa shape index (κ3) is 6.32. The van der Waals surface area contributed by atoms with Crippen LogP contribution < -0.4 is 5.32 Å². The van der Waals surface area contributed by atoms with Gasteiger partial charge in [0, 0.05) is 11.7 Å². The Morgan fingerprint density at radius 2 is 1.75 bits per heavy atom. The lowest BCUT2D eigenvalue weighted by atomic mass is 9.98. The minimum absolute atomic E-state index is 0.150. The van der Waals surface area contributed by atoms with Crippen LogP contribution in [0.4, 0.5) is 10.1 Å². The first-order chi connectivity index (χ1) is 11.3. The third-order valence-corrected chi connectivity index (χ3v) is 3.79. The molecule has 0 spiro atoms. The van der Waals surface area contributed by atoms with Crippen LogP contribution in [0.5, 0.6) is 0 Å². The van der Waals surface area contributed by atoms with Crippen molar-refractivity contribution in [1.82, 2.24) is 0 Å². The van der Waals surface area contributed by atoms with Crippen LogP contribution in [0.25, 0.3) is 0 Å². The first-order valence-corrected chi connectivity index (χ1v) is 8.56. The van der Waals surface area contributed by atoms with Gasteiger partial charge in [-0.1, -0.05) is 24.3 Å². The van der Waals surface area contributed by atoms with Crippen molar-refractivity contribution in [3.8, 4) is 0 Å². The van der Waals surface area contributed by atoms with Gasteiger partial charge in [0.1, 0.15) is 5.82 Å². The fourth-order valence-electron chi connectivity index (χ4n) is 2.70.